The van der Waals surface area contributed by atoms with E-state index >= 15 is 0 Å². The molecule has 4 nitrogen and oxygen atoms in total. The van der Waals surface area contributed by atoms with Gasteiger partial charge in [0.05, 0.1) is 7.11 Å². The Balaban J connectivity index is 2.88. The van der Waals surface area contributed by atoms with E-state index in [0.29, 0.717) is 0 Å². The van der Waals surface area contributed by atoms with Gasteiger partial charge in [-0.3, -0.25) is 15.1 Å². The zero-order valence-electron chi connectivity index (χ0n) is 11.8. The van der Waals surface area contributed by atoms with Crippen LogP contribution in [-0.2, 0) is 9.53 Å². The second-order valence-electron chi connectivity index (χ2n) is 4.77. The molecule has 0 aromatic carbocycles. The Bertz CT molecular complexity index is 404. The molecule has 1 aromatic rings. The average Bonchev–Trinajstić information content (AvgIpc) is 2.43. The summed E-state index contributed by atoms with van der Waals surface area (Å²) in [5, 5.41) is 3.34. The molecule has 0 radical (unpaired) electrons. The van der Waals surface area contributed by atoms with Crippen molar-refractivity contribution in [2.24, 2.45) is 5.92 Å². The zero-order valence-corrected chi connectivity index (χ0v) is 11.8. The van der Waals surface area contributed by atoms with E-state index in [1.807, 2.05) is 32.1 Å². The molecule has 0 saturated heterocycles. The summed E-state index contributed by atoms with van der Waals surface area (Å²) in [5.41, 5.74) is 1.04. The van der Waals surface area contributed by atoms with Gasteiger partial charge in [-0.25, -0.2) is 0 Å². The van der Waals surface area contributed by atoms with Crippen molar-refractivity contribution in [1.82, 2.24) is 10.3 Å². The molecule has 0 spiro atoms. The van der Waals surface area contributed by atoms with Gasteiger partial charge in [0.1, 0.15) is 6.04 Å². The van der Waals surface area contributed by atoms with Gasteiger partial charge in [-0.2, -0.15) is 0 Å². The molecule has 4 heteroatoms. The highest BCUT2D eigenvalue weighted by Gasteiger charge is 2.26. The molecule has 0 aliphatic rings. The van der Waals surface area contributed by atoms with Gasteiger partial charge in [0.25, 0.3) is 0 Å². The minimum absolute atomic E-state index is 0.0118. The number of methoxy groups -OCH3 is 1. The fraction of sp³-hybridized carbons (Fsp3) is 0.467. The second kappa shape index (κ2) is 7.69. The molecule has 0 fully saturated rings. The van der Waals surface area contributed by atoms with Crippen molar-refractivity contribution in [2.45, 2.75) is 32.4 Å². The maximum absolute atomic E-state index is 11.8. The Hall–Kier alpha value is -1.68. The number of carbonyl (C=O) groups is 1. The lowest BCUT2D eigenvalue weighted by molar-refractivity contribution is -0.144. The molecular formula is C15H22N2O2. The van der Waals surface area contributed by atoms with Crippen molar-refractivity contribution in [3.63, 3.8) is 0 Å². The van der Waals surface area contributed by atoms with Crippen LogP contribution in [0.25, 0.3) is 0 Å². The minimum Gasteiger partial charge on any atom is -0.468 e. The molecule has 0 unspecified atom stereocenters. The van der Waals surface area contributed by atoms with Gasteiger partial charge in [-0.1, -0.05) is 26.0 Å². The van der Waals surface area contributed by atoms with Crippen LogP contribution in [-0.4, -0.2) is 24.1 Å². The lowest BCUT2D eigenvalue weighted by Gasteiger charge is -2.26. The quantitative estimate of drug-likeness (QED) is 0.606. The van der Waals surface area contributed by atoms with Crippen molar-refractivity contribution in [1.29, 1.82) is 0 Å². The lowest BCUT2D eigenvalue weighted by atomic mass is 9.99. The summed E-state index contributed by atoms with van der Waals surface area (Å²) >= 11 is 0. The molecule has 19 heavy (non-hydrogen) atoms. The van der Waals surface area contributed by atoms with E-state index in [2.05, 4.69) is 16.9 Å². The molecule has 0 amide bonds. The molecule has 2 atom stereocenters. The summed E-state index contributed by atoms with van der Waals surface area (Å²) < 4.78 is 4.85. The fourth-order valence-electron chi connectivity index (χ4n) is 1.93. The average molecular weight is 262 g/mol. The predicted molar refractivity (Wildman–Crippen MR) is 75.6 cm³/mol. The van der Waals surface area contributed by atoms with Gasteiger partial charge in [-0.05, 0) is 24.0 Å². The third-order valence-corrected chi connectivity index (χ3v) is 2.99. The van der Waals surface area contributed by atoms with Crippen LogP contribution < -0.4 is 5.32 Å². The summed E-state index contributed by atoms with van der Waals surface area (Å²) in [6, 6.07) is 3.55. The molecular weight excluding hydrogens is 240 g/mol. The van der Waals surface area contributed by atoms with E-state index in [-0.39, 0.29) is 24.0 Å². The SMILES string of the molecule is C=CC[C@H](N[C@H](C(=O)OC)C(C)C)c1cccnc1. The molecule has 0 aliphatic carbocycles. The standard InChI is InChI=1S/C15H22N2O2/c1-5-7-13(12-8-6-9-16-10-12)17-14(11(2)3)15(18)19-4/h5-6,8-11,13-14,17H,1,7H2,2-4H3/t13-,14-/m0/s1. The van der Waals surface area contributed by atoms with Crippen molar-refractivity contribution < 1.29 is 9.53 Å². The molecule has 1 rings (SSSR count). The Morgan fingerprint density at radius 3 is 2.79 bits per heavy atom. The van der Waals surface area contributed by atoms with Crippen LogP contribution in [0.5, 0.6) is 0 Å². The highest BCUT2D eigenvalue weighted by atomic mass is 16.5. The first-order valence-electron chi connectivity index (χ1n) is 6.44. The summed E-state index contributed by atoms with van der Waals surface area (Å²) in [4.78, 5) is 15.9. The molecule has 0 saturated carbocycles. The van der Waals surface area contributed by atoms with Gasteiger partial charge in [-0.15, -0.1) is 6.58 Å². The van der Waals surface area contributed by atoms with Crippen molar-refractivity contribution in [2.75, 3.05) is 7.11 Å². The summed E-state index contributed by atoms with van der Waals surface area (Å²) in [7, 11) is 1.41. The van der Waals surface area contributed by atoms with Crippen LogP contribution in [0.3, 0.4) is 0 Å². The molecule has 0 bridgehead atoms. The maximum atomic E-state index is 11.8. The van der Waals surface area contributed by atoms with E-state index in [1.165, 1.54) is 7.11 Å². The van der Waals surface area contributed by atoms with E-state index in [9.17, 15) is 4.79 Å². The first kappa shape index (κ1) is 15.4. The van der Waals surface area contributed by atoms with Gasteiger partial charge < -0.3 is 4.74 Å². The highest BCUT2D eigenvalue weighted by molar-refractivity contribution is 5.76. The smallest absolute Gasteiger partial charge is 0.323 e. The second-order valence-corrected chi connectivity index (χ2v) is 4.77. The molecule has 0 aliphatic heterocycles. The minimum atomic E-state index is -0.338. The van der Waals surface area contributed by atoms with E-state index in [0.717, 1.165) is 12.0 Å². The van der Waals surface area contributed by atoms with Crippen molar-refractivity contribution in [3.05, 3.63) is 42.7 Å². The van der Waals surface area contributed by atoms with E-state index in [4.69, 9.17) is 4.74 Å². The summed E-state index contributed by atoms with van der Waals surface area (Å²) in [6.45, 7) is 7.74. The number of nitrogens with one attached hydrogen (secondary N) is 1. The van der Waals surface area contributed by atoms with Crippen LogP contribution in [0.15, 0.2) is 37.2 Å². The summed E-state index contributed by atoms with van der Waals surface area (Å²) in [5.74, 6) is -0.0932. The monoisotopic (exact) mass is 262 g/mol. The van der Waals surface area contributed by atoms with Gasteiger partial charge in [0, 0.05) is 18.4 Å². The largest absolute Gasteiger partial charge is 0.468 e. The first-order valence-corrected chi connectivity index (χ1v) is 6.44. The number of hydrogen-bond acceptors (Lipinski definition) is 4. The number of pyridine rings is 1. The third kappa shape index (κ3) is 4.48. The van der Waals surface area contributed by atoms with E-state index in [1.54, 1.807) is 12.4 Å². The van der Waals surface area contributed by atoms with Crippen molar-refractivity contribution >= 4 is 5.97 Å². The molecule has 1 N–H and O–H groups in total. The molecule has 1 heterocycles. The first-order chi connectivity index (χ1) is 9.10. The topological polar surface area (TPSA) is 51.2 Å². The number of esters is 1. The normalized spacial score (nSPS) is 13.9. The van der Waals surface area contributed by atoms with Gasteiger partial charge in [0.2, 0.25) is 0 Å². The summed E-state index contributed by atoms with van der Waals surface area (Å²) in [6.07, 6.45) is 6.09. The molecule has 104 valence electrons. The number of nitrogens with zero attached hydrogens (tertiary/aromatic N) is 1. The van der Waals surface area contributed by atoms with Crippen LogP contribution in [0.2, 0.25) is 0 Å². The number of aromatic nitrogens is 1. The lowest BCUT2D eigenvalue weighted by Crippen LogP contribution is -2.43. The van der Waals surface area contributed by atoms with Gasteiger partial charge in [0.15, 0.2) is 0 Å². The number of ether oxygens (including phenoxy) is 1. The Morgan fingerprint density at radius 2 is 2.32 bits per heavy atom. The third-order valence-electron chi connectivity index (χ3n) is 2.99. The zero-order chi connectivity index (χ0) is 14.3. The van der Waals surface area contributed by atoms with E-state index < -0.39 is 0 Å². The number of carbonyl (C=O) groups excluding carboxylic acids is 1. The van der Waals surface area contributed by atoms with Gasteiger partial charge >= 0.3 is 5.97 Å². The number of hydrogen-bond donors (Lipinski definition) is 1. The fourth-order valence-corrected chi connectivity index (χ4v) is 1.93. The molecule has 1 aromatic heterocycles. The van der Waals surface area contributed by atoms with Crippen LogP contribution in [0.1, 0.15) is 31.9 Å². The highest BCUT2D eigenvalue weighted by Crippen LogP contribution is 2.19. The predicted octanol–water partition coefficient (Wildman–Crippen LogP) is 2.49. The maximum Gasteiger partial charge on any atom is 0.323 e. The van der Waals surface area contributed by atoms with Crippen LogP contribution in [0.4, 0.5) is 0 Å². The van der Waals surface area contributed by atoms with Crippen LogP contribution >= 0.6 is 0 Å². The van der Waals surface area contributed by atoms with Crippen LogP contribution in [0, 0.1) is 5.92 Å². The number of rotatable bonds is 7. The van der Waals surface area contributed by atoms with Crippen molar-refractivity contribution in [3.8, 4) is 0 Å². The Labute approximate surface area is 114 Å². The Morgan fingerprint density at radius 1 is 1.58 bits per heavy atom. The Kier molecular flexibility index (Phi) is 6.22.